The Morgan fingerprint density at radius 2 is 1.78 bits per heavy atom. The molecule has 0 aromatic heterocycles. The van der Waals surface area contributed by atoms with Gasteiger partial charge in [-0.3, -0.25) is 4.79 Å². The first-order valence-electron chi connectivity index (χ1n) is 8.63. The Balaban J connectivity index is 1.61. The molecule has 3 rings (SSSR count). The van der Waals surface area contributed by atoms with Crippen LogP contribution in [0.15, 0.2) is 66.7 Å². The van der Waals surface area contributed by atoms with Crippen LogP contribution in [-0.4, -0.2) is 22.7 Å². The van der Waals surface area contributed by atoms with Crippen molar-refractivity contribution < 1.29 is 19.7 Å². The molecule has 0 fully saturated rings. The number of hydrogen-bond donors (Lipinski definition) is 3. The van der Waals surface area contributed by atoms with E-state index in [4.69, 9.17) is 4.74 Å². The zero-order valence-electron chi connectivity index (χ0n) is 15.0. The summed E-state index contributed by atoms with van der Waals surface area (Å²) in [7, 11) is 0. The Labute approximate surface area is 157 Å². The van der Waals surface area contributed by atoms with Gasteiger partial charge in [0.05, 0.1) is 12.2 Å². The number of aromatic hydroxyl groups is 2. The highest BCUT2D eigenvalue weighted by atomic mass is 16.5. The highest BCUT2D eigenvalue weighted by Gasteiger charge is 2.11. The van der Waals surface area contributed by atoms with E-state index in [0.29, 0.717) is 24.5 Å². The molecule has 0 saturated heterocycles. The van der Waals surface area contributed by atoms with E-state index in [1.54, 1.807) is 54.6 Å². The molecule has 0 spiro atoms. The number of nitrogens with one attached hydrogen (secondary N) is 1. The van der Waals surface area contributed by atoms with Crippen molar-refractivity contribution in [3.63, 3.8) is 0 Å². The Hall–Kier alpha value is -3.47. The van der Waals surface area contributed by atoms with Crippen LogP contribution in [0.25, 0.3) is 0 Å². The number of benzene rings is 3. The van der Waals surface area contributed by atoms with Gasteiger partial charge in [0.15, 0.2) is 0 Å². The molecule has 27 heavy (non-hydrogen) atoms. The number of anilines is 1. The quantitative estimate of drug-likeness (QED) is 0.611. The summed E-state index contributed by atoms with van der Waals surface area (Å²) in [6.07, 6.45) is 0.570. The van der Waals surface area contributed by atoms with Crippen LogP contribution >= 0.6 is 0 Å². The molecule has 0 bridgehead atoms. The molecule has 138 valence electrons. The van der Waals surface area contributed by atoms with Crippen molar-refractivity contribution >= 4 is 11.6 Å². The second-order valence-corrected chi connectivity index (χ2v) is 6.23. The molecule has 5 nitrogen and oxygen atoms in total. The lowest BCUT2D eigenvalue weighted by Crippen LogP contribution is -2.12. The molecule has 0 radical (unpaired) electrons. The summed E-state index contributed by atoms with van der Waals surface area (Å²) in [5, 5.41) is 22.5. The molecule has 1 amide bonds. The SMILES string of the molecule is Cc1ccc(C(=O)Nc2cccc(OCCc3ccccc3O)c2)c(O)c1. The number of hydrogen-bond acceptors (Lipinski definition) is 4. The van der Waals surface area contributed by atoms with Gasteiger partial charge in [0.1, 0.15) is 17.2 Å². The third-order valence-electron chi connectivity index (χ3n) is 4.12. The molecule has 3 N–H and O–H groups in total. The Morgan fingerprint density at radius 3 is 2.56 bits per heavy atom. The second-order valence-electron chi connectivity index (χ2n) is 6.23. The number of ether oxygens (including phenoxy) is 1. The second kappa shape index (κ2) is 8.27. The molecule has 0 heterocycles. The fraction of sp³-hybridized carbons (Fsp3) is 0.136. The minimum atomic E-state index is -0.390. The first-order valence-corrected chi connectivity index (χ1v) is 8.63. The summed E-state index contributed by atoms with van der Waals surface area (Å²) >= 11 is 0. The van der Waals surface area contributed by atoms with Crippen molar-refractivity contribution in [2.24, 2.45) is 0 Å². The topological polar surface area (TPSA) is 78.8 Å². The van der Waals surface area contributed by atoms with Gasteiger partial charge in [-0.05, 0) is 48.4 Å². The average molecular weight is 363 g/mol. The van der Waals surface area contributed by atoms with Gasteiger partial charge >= 0.3 is 0 Å². The predicted octanol–water partition coefficient (Wildman–Crippen LogP) is 4.28. The fourth-order valence-corrected chi connectivity index (χ4v) is 2.70. The van der Waals surface area contributed by atoms with E-state index in [1.165, 1.54) is 0 Å². The maximum atomic E-state index is 12.4. The van der Waals surface area contributed by atoms with Gasteiger partial charge in [0.25, 0.3) is 5.91 Å². The van der Waals surface area contributed by atoms with Crippen LogP contribution in [-0.2, 0) is 6.42 Å². The predicted molar refractivity (Wildman–Crippen MR) is 105 cm³/mol. The van der Waals surface area contributed by atoms with Crippen LogP contribution in [0.4, 0.5) is 5.69 Å². The number of aryl methyl sites for hydroxylation is 1. The van der Waals surface area contributed by atoms with E-state index < -0.39 is 0 Å². The average Bonchev–Trinajstić information content (AvgIpc) is 2.63. The zero-order valence-corrected chi connectivity index (χ0v) is 15.0. The Morgan fingerprint density at radius 1 is 0.963 bits per heavy atom. The minimum absolute atomic E-state index is 0.0532. The molecule has 0 aliphatic heterocycles. The van der Waals surface area contributed by atoms with Gasteiger partial charge < -0.3 is 20.3 Å². The Bertz CT molecular complexity index is 953. The molecular weight excluding hydrogens is 342 g/mol. The van der Waals surface area contributed by atoms with Crippen molar-refractivity contribution in [2.45, 2.75) is 13.3 Å². The van der Waals surface area contributed by atoms with Crippen molar-refractivity contribution in [1.82, 2.24) is 0 Å². The maximum absolute atomic E-state index is 12.4. The molecule has 0 atom stereocenters. The molecule has 5 heteroatoms. The minimum Gasteiger partial charge on any atom is -0.508 e. The molecule has 3 aromatic carbocycles. The van der Waals surface area contributed by atoms with Crippen LogP contribution < -0.4 is 10.1 Å². The van der Waals surface area contributed by atoms with Crippen molar-refractivity contribution in [3.8, 4) is 17.2 Å². The smallest absolute Gasteiger partial charge is 0.259 e. The van der Waals surface area contributed by atoms with Gasteiger partial charge in [-0.25, -0.2) is 0 Å². The highest BCUT2D eigenvalue weighted by Crippen LogP contribution is 2.23. The zero-order chi connectivity index (χ0) is 19.2. The molecule has 3 aromatic rings. The van der Waals surface area contributed by atoms with E-state index >= 15 is 0 Å². The largest absolute Gasteiger partial charge is 0.508 e. The number of carbonyl (C=O) groups excluding carboxylic acids is 1. The summed E-state index contributed by atoms with van der Waals surface area (Å²) in [6.45, 7) is 2.24. The van der Waals surface area contributed by atoms with Crippen LogP contribution in [0, 0.1) is 6.92 Å². The summed E-state index contributed by atoms with van der Waals surface area (Å²) in [6, 6.07) is 19.1. The third-order valence-corrected chi connectivity index (χ3v) is 4.12. The number of phenolic OH excluding ortho intramolecular Hbond substituents is 2. The Kier molecular flexibility index (Phi) is 5.61. The number of carbonyl (C=O) groups is 1. The van der Waals surface area contributed by atoms with Crippen molar-refractivity contribution in [2.75, 3.05) is 11.9 Å². The van der Waals surface area contributed by atoms with Crippen molar-refractivity contribution in [1.29, 1.82) is 0 Å². The lowest BCUT2D eigenvalue weighted by Gasteiger charge is -2.11. The first kappa shape index (κ1) is 18.3. The molecule has 0 aliphatic rings. The van der Waals surface area contributed by atoms with Crippen LogP contribution in [0.5, 0.6) is 17.2 Å². The van der Waals surface area contributed by atoms with Gasteiger partial charge in [-0.1, -0.05) is 30.3 Å². The summed E-state index contributed by atoms with van der Waals surface area (Å²) < 4.78 is 5.72. The van der Waals surface area contributed by atoms with E-state index in [1.807, 2.05) is 19.1 Å². The number of phenols is 2. The van der Waals surface area contributed by atoms with Gasteiger partial charge in [0, 0.05) is 18.2 Å². The van der Waals surface area contributed by atoms with Gasteiger partial charge in [-0.2, -0.15) is 0 Å². The number of rotatable bonds is 6. The molecule has 0 aliphatic carbocycles. The van der Waals surface area contributed by atoms with Gasteiger partial charge in [-0.15, -0.1) is 0 Å². The summed E-state index contributed by atoms with van der Waals surface area (Å²) in [4.78, 5) is 12.4. The van der Waals surface area contributed by atoms with E-state index in [-0.39, 0.29) is 23.0 Å². The van der Waals surface area contributed by atoms with Gasteiger partial charge in [0.2, 0.25) is 0 Å². The first-order chi connectivity index (χ1) is 13.0. The third kappa shape index (κ3) is 4.79. The van der Waals surface area contributed by atoms with Crippen LogP contribution in [0.1, 0.15) is 21.5 Å². The normalized spacial score (nSPS) is 10.4. The van der Waals surface area contributed by atoms with E-state index in [0.717, 1.165) is 11.1 Å². The lowest BCUT2D eigenvalue weighted by molar-refractivity contribution is 0.102. The monoisotopic (exact) mass is 363 g/mol. The standard InChI is InChI=1S/C22H21NO4/c1-15-9-10-19(21(25)13-15)22(26)23-17-6-4-7-18(14-17)27-12-11-16-5-2-3-8-20(16)24/h2-10,13-14,24-25H,11-12H2,1H3,(H,23,26). The van der Waals surface area contributed by atoms with E-state index in [2.05, 4.69) is 5.32 Å². The fourth-order valence-electron chi connectivity index (χ4n) is 2.70. The van der Waals surface area contributed by atoms with Crippen molar-refractivity contribution in [3.05, 3.63) is 83.4 Å². The van der Waals surface area contributed by atoms with E-state index in [9.17, 15) is 15.0 Å². The van der Waals surface area contributed by atoms with Crippen LogP contribution in [0.3, 0.4) is 0 Å². The lowest BCUT2D eigenvalue weighted by atomic mass is 10.1. The number of para-hydroxylation sites is 1. The number of amides is 1. The molecular formula is C22H21NO4. The summed E-state index contributed by atoms with van der Waals surface area (Å²) in [5.74, 6) is 0.415. The maximum Gasteiger partial charge on any atom is 0.259 e. The molecule has 0 unspecified atom stereocenters. The van der Waals surface area contributed by atoms with Crippen LogP contribution in [0.2, 0.25) is 0 Å². The highest BCUT2D eigenvalue weighted by molar-refractivity contribution is 6.06. The molecule has 0 saturated carbocycles. The summed E-state index contributed by atoms with van der Waals surface area (Å²) in [5.41, 5.74) is 2.48.